The first-order valence-electron chi connectivity index (χ1n) is 12.3. The van der Waals surface area contributed by atoms with Gasteiger partial charge in [-0.05, 0) is 51.4 Å². The van der Waals surface area contributed by atoms with E-state index >= 15 is 0 Å². The Morgan fingerprint density at radius 2 is 1.92 bits per heavy atom. The summed E-state index contributed by atoms with van der Waals surface area (Å²) in [6.45, 7) is 4.58. The molecule has 0 spiro atoms. The molecule has 1 aliphatic rings. The Bertz CT molecular complexity index is 1160. The molecule has 1 aromatic heterocycles. The summed E-state index contributed by atoms with van der Waals surface area (Å²) < 4.78 is 11.4. The van der Waals surface area contributed by atoms with Crippen molar-refractivity contribution in [2.45, 2.75) is 26.0 Å². The number of carbonyl (C=O) groups is 2. The molecule has 0 fully saturated rings. The molecule has 0 bridgehead atoms. The van der Waals surface area contributed by atoms with Crippen LogP contribution in [0.15, 0.2) is 36.5 Å². The molecule has 198 valence electrons. The van der Waals surface area contributed by atoms with E-state index in [0.29, 0.717) is 18.7 Å². The molecular weight excluding hydrogens is 472 g/mol. The number of hydrogen-bond acceptors (Lipinski definition) is 7. The van der Waals surface area contributed by atoms with Gasteiger partial charge in [0, 0.05) is 36.8 Å². The third kappa shape index (κ3) is 7.21. The van der Waals surface area contributed by atoms with Crippen molar-refractivity contribution in [3.05, 3.63) is 53.2 Å². The summed E-state index contributed by atoms with van der Waals surface area (Å²) in [6.07, 6.45) is 1.17. The van der Waals surface area contributed by atoms with Gasteiger partial charge in [-0.1, -0.05) is 18.8 Å². The SMILES string of the molecule is COc1ccc(C#Cc2cnc3c(c2)C(=O)N([C@H](C)CO)C[C@H](C)[C@@H](CN(C)C(=O)CN(C)C)O3)cc1. The number of aliphatic hydroxyl groups is 1. The van der Waals surface area contributed by atoms with Crippen LogP contribution >= 0.6 is 0 Å². The molecule has 9 heteroatoms. The van der Waals surface area contributed by atoms with Gasteiger partial charge in [0.25, 0.3) is 5.91 Å². The zero-order valence-corrected chi connectivity index (χ0v) is 22.4. The fourth-order valence-corrected chi connectivity index (χ4v) is 3.97. The van der Waals surface area contributed by atoms with Crippen molar-refractivity contribution in [3.8, 4) is 23.5 Å². The van der Waals surface area contributed by atoms with Crippen LogP contribution in [-0.4, -0.2) is 103 Å². The number of likely N-dealkylation sites (N-methyl/N-ethyl adjacent to an activating group) is 2. The number of ether oxygens (including phenoxy) is 2. The topological polar surface area (TPSA) is 95.4 Å². The van der Waals surface area contributed by atoms with Crippen LogP contribution in [0.1, 0.15) is 35.3 Å². The van der Waals surface area contributed by atoms with Crippen LogP contribution < -0.4 is 9.47 Å². The zero-order chi connectivity index (χ0) is 27.1. The number of amides is 2. The molecule has 1 aliphatic heterocycles. The zero-order valence-electron chi connectivity index (χ0n) is 22.4. The van der Waals surface area contributed by atoms with Crippen molar-refractivity contribution >= 4 is 11.8 Å². The number of hydrogen-bond donors (Lipinski definition) is 1. The molecule has 2 heterocycles. The molecule has 1 aromatic carbocycles. The van der Waals surface area contributed by atoms with E-state index in [1.54, 1.807) is 43.1 Å². The van der Waals surface area contributed by atoms with Crippen LogP contribution in [0.2, 0.25) is 0 Å². The number of rotatable bonds is 7. The molecule has 3 rings (SSSR count). The predicted octanol–water partition coefficient (Wildman–Crippen LogP) is 1.73. The lowest BCUT2D eigenvalue weighted by molar-refractivity contribution is -0.132. The van der Waals surface area contributed by atoms with Gasteiger partial charge in [0.1, 0.15) is 17.4 Å². The Hall–Kier alpha value is -3.61. The lowest BCUT2D eigenvalue weighted by atomic mass is 10.00. The first-order chi connectivity index (χ1) is 17.6. The Kier molecular flexibility index (Phi) is 9.50. The van der Waals surface area contributed by atoms with Gasteiger partial charge in [0.05, 0.1) is 32.8 Å². The number of benzene rings is 1. The van der Waals surface area contributed by atoms with Crippen molar-refractivity contribution in [2.24, 2.45) is 5.92 Å². The fraction of sp³-hybridized carbons (Fsp3) is 0.464. The predicted molar refractivity (Wildman–Crippen MR) is 141 cm³/mol. The van der Waals surface area contributed by atoms with Gasteiger partial charge in [0.2, 0.25) is 11.8 Å². The molecule has 0 saturated carbocycles. The third-order valence-corrected chi connectivity index (χ3v) is 6.29. The largest absolute Gasteiger partial charge is 0.497 e. The van der Waals surface area contributed by atoms with Crippen LogP contribution in [0.3, 0.4) is 0 Å². The lowest BCUT2D eigenvalue weighted by Gasteiger charge is -2.37. The molecule has 0 saturated heterocycles. The molecule has 1 N–H and O–H groups in total. The van der Waals surface area contributed by atoms with Crippen molar-refractivity contribution < 1.29 is 24.2 Å². The van der Waals surface area contributed by atoms with Gasteiger partial charge in [-0.2, -0.15) is 0 Å². The highest BCUT2D eigenvalue weighted by atomic mass is 16.5. The highest BCUT2D eigenvalue weighted by Crippen LogP contribution is 2.27. The highest BCUT2D eigenvalue weighted by Gasteiger charge is 2.34. The quantitative estimate of drug-likeness (QED) is 0.569. The van der Waals surface area contributed by atoms with Gasteiger partial charge in [-0.3, -0.25) is 9.59 Å². The average Bonchev–Trinajstić information content (AvgIpc) is 2.88. The number of methoxy groups -OCH3 is 1. The van der Waals surface area contributed by atoms with Crippen LogP contribution in [0, 0.1) is 17.8 Å². The van der Waals surface area contributed by atoms with Crippen molar-refractivity contribution in [1.82, 2.24) is 19.7 Å². The average molecular weight is 509 g/mol. The Balaban J connectivity index is 1.94. The number of aromatic nitrogens is 1. The summed E-state index contributed by atoms with van der Waals surface area (Å²) in [5, 5.41) is 9.84. The number of aliphatic hydroxyl groups excluding tert-OH is 1. The van der Waals surface area contributed by atoms with E-state index in [9.17, 15) is 14.7 Å². The van der Waals surface area contributed by atoms with E-state index in [2.05, 4.69) is 16.8 Å². The lowest BCUT2D eigenvalue weighted by Crippen LogP contribution is -2.51. The van der Waals surface area contributed by atoms with Gasteiger partial charge >= 0.3 is 0 Å². The standard InChI is InChI=1S/C28H36N4O5/c1-19-15-32(20(2)18-33)28(35)24-13-22(8-7-21-9-11-23(36-6)12-10-21)14-29-27(24)37-25(19)16-31(5)26(34)17-30(3)4/h9-14,19-20,25,33H,15-18H2,1-6H3/t19-,20+,25+/m0/s1. The Morgan fingerprint density at radius 3 is 2.54 bits per heavy atom. The minimum Gasteiger partial charge on any atom is -0.497 e. The van der Waals surface area contributed by atoms with E-state index in [4.69, 9.17) is 9.47 Å². The monoisotopic (exact) mass is 508 g/mol. The molecule has 2 aromatic rings. The minimum absolute atomic E-state index is 0.0307. The van der Waals surface area contributed by atoms with Crippen LogP contribution in [0.4, 0.5) is 0 Å². The number of carbonyl (C=O) groups excluding carboxylic acids is 2. The van der Waals surface area contributed by atoms with Gasteiger partial charge in [-0.25, -0.2) is 4.98 Å². The first-order valence-corrected chi connectivity index (χ1v) is 12.3. The molecule has 0 unspecified atom stereocenters. The van der Waals surface area contributed by atoms with E-state index in [0.717, 1.165) is 11.3 Å². The molecule has 0 radical (unpaired) electrons. The second-order valence-electron chi connectivity index (χ2n) is 9.69. The van der Waals surface area contributed by atoms with E-state index in [-0.39, 0.29) is 42.3 Å². The molecule has 0 aliphatic carbocycles. The van der Waals surface area contributed by atoms with Gasteiger partial charge in [-0.15, -0.1) is 0 Å². The number of nitrogens with zero attached hydrogens (tertiary/aromatic N) is 4. The molecular formula is C28H36N4O5. The van der Waals surface area contributed by atoms with Crippen LogP contribution in [0.25, 0.3) is 0 Å². The van der Waals surface area contributed by atoms with E-state index in [1.165, 1.54) is 0 Å². The maximum atomic E-state index is 13.6. The summed E-state index contributed by atoms with van der Waals surface area (Å²) in [7, 11) is 7.03. The fourth-order valence-electron chi connectivity index (χ4n) is 3.97. The highest BCUT2D eigenvalue weighted by molar-refractivity contribution is 5.97. The van der Waals surface area contributed by atoms with Crippen molar-refractivity contribution in [3.63, 3.8) is 0 Å². The summed E-state index contributed by atoms with van der Waals surface area (Å²) >= 11 is 0. The van der Waals surface area contributed by atoms with Gasteiger partial charge < -0.3 is 29.3 Å². The first kappa shape index (κ1) is 28.0. The Morgan fingerprint density at radius 1 is 1.24 bits per heavy atom. The molecule has 3 atom stereocenters. The molecule has 2 amide bonds. The van der Waals surface area contributed by atoms with Gasteiger partial charge in [0.15, 0.2) is 0 Å². The Labute approximate surface area is 219 Å². The van der Waals surface area contributed by atoms with Crippen molar-refractivity contribution in [1.29, 1.82) is 0 Å². The third-order valence-electron chi connectivity index (χ3n) is 6.29. The van der Waals surface area contributed by atoms with Crippen LogP contribution in [0.5, 0.6) is 11.6 Å². The second-order valence-corrected chi connectivity index (χ2v) is 9.69. The van der Waals surface area contributed by atoms with Crippen molar-refractivity contribution in [2.75, 3.05) is 54.5 Å². The minimum atomic E-state index is -0.403. The summed E-state index contributed by atoms with van der Waals surface area (Å²) in [6, 6.07) is 8.64. The van der Waals surface area contributed by atoms with E-state index < -0.39 is 12.1 Å². The van der Waals surface area contributed by atoms with Crippen LogP contribution in [-0.2, 0) is 4.79 Å². The summed E-state index contributed by atoms with van der Waals surface area (Å²) in [5.74, 6) is 6.65. The maximum absolute atomic E-state index is 13.6. The maximum Gasteiger partial charge on any atom is 0.259 e. The molecule has 37 heavy (non-hydrogen) atoms. The summed E-state index contributed by atoms with van der Waals surface area (Å²) in [4.78, 5) is 35.7. The second kappa shape index (κ2) is 12.6. The summed E-state index contributed by atoms with van der Waals surface area (Å²) in [5.41, 5.74) is 1.64. The molecule has 9 nitrogen and oxygen atoms in total. The number of fused-ring (bicyclic) bond motifs is 1. The number of pyridine rings is 1. The smallest absolute Gasteiger partial charge is 0.259 e. The van der Waals surface area contributed by atoms with E-state index in [1.807, 2.05) is 50.2 Å². The normalized spacial score (nSPS) is 18.1.